The molecule has 0 saturated carbocycles. The minimum atomic E-state index is -1.40. The predicted octanol–water partition coefficient (Wildman–Crippen LogP) is 3.24. The maximum absolute atomic E-state index is 13.2. The molecule has 0 unspecified atom stereocenters. The number of halogens is 1. The maximum atomic E-state index is 13.2. The van der Waals surface area contributed by atoms with Crippen molar-refractivity contribution in [2.24, 2.45) is 0 Å². The molecule has 0 radical (unpaired) electrons. The molecule has 3 N–H and O–H groups in total. The molecule has 2 amide bonds. The number of anilines is 2. The van der Waals surface area contributed by atoms with E-state index in [4.69, 9.17) is 5.11 Å². The Kier molecular flexibility index (Phi) is 4.18. The molecule has 0 aliphatic heterocycles. The van der Waals surface area contributed by atoms with E-state index < -0.39 is 23.4 Å². The molecule has 1 aromatic heterocycles. The third-order valence-corrected chi connectivity index (χ3v) is 3.69. The second-order valence-corrected chi connectivity index (χ2v) is 5.44. The van der Waals surface area contributed by atoms with E-state index in [-0.39, 0.29) is 5.69 Å². The van der Waals surface area contributed by atoms with E-state index in [2.05, 4.69) is 15.6 Å². The first-order valence-electron chi connectivity index (χ1n) is 5.91. The first kappa shape index (κ1) is 14.9. The Bertz CT molecular complexity index is 695. The number of carboxylic acid groups (broad SMARTS) is 1. The molecule has 6 nitrogen and oxygen atoms in total. The lowest BCUT2D eigenvalue weighted by Gasteiger charge is -2.06. The molecular weight excluding hydrogens is 297 g/mol. The van der Waals surface area contributed by atoms with Gasteiger partial charge in [-0.2, -0.15) is 0 Å². The zero-order valence-electron chi connectivity index (χ0n) is 11.2. The minimum Gasteiger partial charge on any atom is -0.478 e. The normalized spacial score (nSPS) is 10.2. The number of aromatic carboxylic acids is 1. The molecule has 0 saturated heterocycles. The Morgan fingerprint density at radius 3 is 2.57 bits per heavy atom. The third kappa shape index (κ3) is 3.54. The van der Waals surface area contributed by atoms with Crippen LogP contribution in [0.1, 0.15) is 20.9 Å². The van der Waals surface area contributed by atoms with E-state index in [1.165, 1.54) is 17.4 Å². The number of carbonyl (C=O) groups excluding carboxylic acids is 1. The molecule has 1 aromatic carbocycles. The van der Waals surface area contributed by atoms with E-state index >= 15 is 0 Å². The second-order valence-electron chi connectivity index (χ2n) is 4.24. The van der Waals surface area contributed by atoms with Crippen molar-refractivity contribution in [2.75, 3.05) is 10.6 Å². The molecule has 0 atom stereocenters. The second kappa shape index (κ2) is 5.88. The smallest absolute Gasteiger partial charge is 0.338 e. The highest BCUT2D eigenvalue weighted by Crippen LogP contribution is 2.21. The molecule has 2 aromatic rings. The van der Waals surface area contributed by atoms with Gasteiger partial charge in [0, 0.05) is 10.6 Å². The van der Waals surface area contributed by atoms with E-state index in [1.807, 2.05) is 13.8 Å². The van der Waals surface area contributed by atoms with Gasteiger partial charge in [-0.1, -0.05) is 0 Å². The molecule has 2 rings (SSSR count). The monoisotopic (exact) mass is 309 g/mol. The maximum Gasteiger partial charge on any atom is 0.338 e. The summed E-state index contributed by atoms with van der Waals surface area (Å²) in [7, 11) is 0. The van der Waals surface area contributed by atoms with Crippen LogP contribution in [0.15, 0.2) is 18.2 Å². The van der Waals surface area contributed by atoms with E-state index in [0.717, 1.165) is 22.7 Å². The molecule has 1 heterocycles. The molecule has 110 valence electrons. The highest BCUT2D eigenvalue weighted by atomic mass is 32.1. The summed E-state index contributed by atoms with van der Waals surface area (Å²) >= 11 is 1.33. The van der Waals surface area contributed by atoms with E-state index in [1.54, 1.807) is 0 Å². The van der Waals surface area contributed by atoms with Gasteiger partial charge in [-0.25, -0.2) is 19.0 Å². The Morgan fingerprint density at radius 2 is 2.00 bits per heavy atom. The highest BCUT2D eigenvalue weighted by Gasteiger charge is 2.13. The van der Waals surface area contributed by atoms with Gasteiger partial charge in [0.1, 0.15) is 5.82 Å². The Hall–Kier alpha value is -2.48. The molecular formula is C13H12FN3O3S. The summed E-state index contributed by atoms with van der Waals surface area (Å²) in [4.78, 5) is 27.7. The largest absolute Gasteiger partial charge is 0.478 e. The number of thiazole rings is 1. The van der Waals surface area contributed by atoms with Crippen LogP contribution in [0.4, 0.5) is 20.0 Å². The van der Waals surface area contributed by atoms with Crippen LogP contribution in [0.3, 0.4) is 0 Å². The van der Waals surface area contributed by atoms with Crippen molar-refractivity contribution in [1.82, 2.24) is 4.98 Å². The van der Waals surface area contributed by atoms with Crippen LogP contribution in [0.2, 0.25) is 0 Å². The lowest BCUT2D eigenvalue weighted by molar-refractivity contribution is 0.0692. The van der Waals surface area contributed by atoms with Crippen molar-refractivity contribution in [2.45, 2.75) is 13.8 Å². The van der Waals surface area contributed by atoms with Crippen LogP contribution < -0.4 is 10.6 Å². The van der Waals surface area contributed by atoms with Crippen LogP contribution in [0.25, 0.3) is 0 Å². The van der Waals surface area contributed by atoms with Gasteiger partial charge in [0.15, 0.2) is 5.13 Å². The summed E-state index contributed by atoms with van der Waals surface area (Å²) in [6.45, 7) is 3.71. The quantitative estimate of drug-likeness (QED) is 0.811. The number of aryl methyl sites for hydroxylation is 2. The topological polar surface area (TPSA) is 91.3 Å². The number of carboxylic acids is 1. The molecule has 0 fully saturated rings. The van der Waals surface area contributed by atoms with E-state index in [0.29, 0.717) is 5.13 Å². The van der Waals surface area contributed by atoms with Crippen LogP contribution in [-0.2, 0) is 0 Å². The first-order valence-corrected chi connectivity index (χ1v) is 6.73. The first-order chi connectivity index (χ1) is 9.86. The minimum absolute atomic E-state index is 0.177. The van der Waals surface area contributed by atoms with Gasteiger partial charge in [0.05, 0.1) is 11.3 Å². The molecule has 0 aliphatic carbocycles. The summed E-state index contributed by atoms with van der Waals surface area (Å²) in [5.74, 6) is -2.26. The number of rotatable bonds is 3. The summed E-state index contributed by atoms with van der Waals surface area (Å²) in [5, 5.41) is 14.2. The number of benzene rings is 1. The summed E-state index contributed by atoms with van der Waals surface area (Å²) in [5.41, 5.74) is 0.496. The number of urea groups is 1. The molecule has 0 spiro atoms. The number of nitrogens with zero attached hydrogens (tertiary/aromatic N) is 1. The fourth-order valence-corrected chi connectivity index (χ4v) is 2.36. The van der Waals surface area contributed by atoms with Crippen molar-refractivity contribution in [3.05, 3.63) is 40.2 Å². The number of hydrogen-bond donors (Lipinski definition) is 3. The lowest BCUT2D eigenvalue weighted by atomic mass is 10.2. The number of hydrogen-bond acceptors (Lipinski definition) is 4. The molecule has 21 heavy (non-hydrogen) atoms. The summed E-state index contributed by atoms with van der Waals surface area (Å²) in [6.07, 6.45) is 0. The van der Waals surface area contributed by atoms with Gasteiger partial charge < -0.3 is 10.4 Å². The summed E-state index contributed by atoms with van der Waals surface area (Å²) in [6, 6.07) is 2.73. The average molecular weight is 309 g/mol. The molecule has 0 aliphatic rings. The van der Waals surface area contributed by atoms with Crippen molar-refractivity contribution >= 4 is 34.2 Å². The number of nitrogens with one attached hydrogen (secondary N) is 2. The SMILES string of the molecule is Cc1nc(NC(=O)Nc2ccc(F)c(C(=O)O)c2)sc1C. The van der Waals surface area contributed by atoms with Gasteiger partial charge in [-0.15, -0.1) is 11.3 Å². The van der Waals surface area contributed by atoms with Crippen molar-refractivity contribution in [3.8, 4) is 0 Å². The third-order valence-electron chi connectivity index (χ3n) is 2.70. The highest BCUT2D eigenvalue weighted by molar-refractivity contribution is 7.15. The molecule has 8 heteroatoms. The standard InChI is InChI=1S/C13H12FN3O3S/c1-6-7(2)21-13(15-6)17-12(20)16-8-3-4-10(14)9(5-8)11(18)19/h3-5H,1-2H3,(H,18,19)(H2,15,16,17,20). The van der Waals surface area contributed by atoms with Crippen LogP contribution in [0, 0.1) is 19.7 Å². The average Bonchev–Trinajstić information content (AvgIpc) is 2.70. The lowest BCUT2D eigenvalue weighted by Crippen LogP contribution is -2.19. The van der Waals surface area contributed by atoms with Crippen LogP contribution in [-0.4, -0.2) is 22.1 Å². The zero-order valence-corrected chi connectivity index (χ0v) is 12.0. The van der Waals surface area contributed by atoms with Gasteiger partial charge in [-0.3, -0.25) is 5.32 Å². The number of amides is 2. The van der Waals surface area contributed by atoms with Gasteiger partial charge in [-0.05, 0) is 32.0 Å². The Labute approximate surface area is 123 Å². The predicted molar refractivity (Wildman–Crippen MR) is 77.6 cm³/mol. The van der Waals surface area contributed by atoms with Gasteiger partial charge in [0.2, 0.25) is 0 Å². The fraction of sp³-hybridized carbons (Fsp3) is 0.154. The number of aromatic nitrogens is 1. The van der Waals surface area contributed by atoms with Crippen molar-refractivity contribution in [3.63, 3.8) is 0 Å². The zero-order chi connectivity index (χ0) is 15.6. The van der Waals surface area contributed by atoms with Gasteiger partial charge >= 0.3 is 12.0 Å². The fourth-order valence-electron chi connectivity index (χ4n) is 1.55. The molecule has 0 bridgehead atoms. The van der Waals surface area contributed by atoms with Crippen LogP contribution >= 0.6 is 11.3 Å². The van der Waals surface area contributed by atoms with Gasteiger partial charge in [0.25, 0.3) is 0 Å². The van der Waals surface area contributed by atoms with E-state index in [9.17, 15) is 14.0 Å². The van der Waals surface area contributed by atoms with Crippen molar-refractivity contribution in [1.29, 1.82) is 0 Å². The number of carbonyl (C=O) groups is 2. The van der Waals surface area contributed by atoms with Crippen molar-refractivity contribution < 1.29 is 19.1 Å². The van der Waals surface area contributed by atoms with Crippen LogP contribution in [0.5, 0.6) is 0 Å². The Balaban J connectivity index is 2.09. The Morgan fingerprint density at radius 1 is 1.29 bits per heavy atom. The summed E-state index contributed by atoms with van der Waals surface area (Å²) < 4.78 is 13.2.